The van der Waals surface area contributed by atoms with Gasteiger partial charge >= 0.3 is 0 Å². The summed E-state index contributed by atoms with van der Waals surface area (Å²) >= 11 is 0. The minimum Gasteiger partial charge on any atom is -0.389 e. The number of aliphatic hydroxyl groups excluding tert-OH is 1. The lowest BCUT2D eigenvalue weighted by molar-refractivity contribution is 0.0981. The van der Waals surface area contributed by atoms with Crippen molar-refractivity contribution in [3.05, 3.63) is 88.8 Å². The van der Waals surface area contributed by atoms with Crippen molar-refractivity contribution < 1.29 is 18.7 Å². The minimum absolute atomic E-state index is 0.0412. The summed E-state index contributed by atoms with van der Waals surface area (Å²) in [5, 5.41) is 9.43. The Morgan fingerprint density at radius 3 is 2.30 bits per heavy atom. The van der Waals surface area contributed by atoms with E-state index in [0.29, 0.717) is 23.2 Å². The van der Waals surface area contributed by atoms with Gasteiger partial charge in [-0.25, -0.2) is 18.7 Å². The molecule has 3 aromatic rings. The van der Waals surface area contributed by atoms with Gasteiger partial charge in [0.2, 0.25) is 5.78 Å². The Bertz CT molecular complexity index is 942. The highest BCUT2D eigenvalue weighted by Crippen LogP contribution is 2.14. The smallest absolute Gasteiger partial charge is 0.205 e. The molecule has 0 bridgehead atoms. The highest BCUT2D eigenvalue weighted by molar-refractivity contribution is 5.93. The largest absolute Gasteiger partial charge is 0.389 e. The number of hydrogen-bond donors (Lipinski definition) is 1. The van der Waals surface area contributed by atoms with Gasteiger partial charge in [-0.1, -0.05) is 12.1 Å². The molecule has 3 rings (SSSR count). The SMILES string of the molecule is CC(O)c1cnc(C(=O)Cc2ccc(Cc3ccc(F)c(F)c3)cn2)nc1. The summed E-state index contributed by atoms with van der Waals surface area (Å²) in [5.41, 5.74) is 2.53. The van der Waals surface area contributed by atoms with Crippen LogP contribution in [0.1, 0.15) is 46.0 Å². The normalized spacial score (nSPS) is 12.0. The summed E-state index contributed by atoms with van der Waals surface area (Å²) < 4.78 is 26.2. The van der Waals surface area contributed by atoms with Gasteiger partial charge in [0.25, 0.3) is 0 Å². The van der Waals surface area contributed by atoms with Crippen LogP contribution in [0.15, 0.2) is 48.9 Å². The first-order valence-corrected chi connectivity index (χ1v) is 8.33. The maximum atomic E-state index is 13.3. The van der Waals surface area contributed by atoms with Crippen LogP contribution in [0.3, 0.4) is 0 Å². The Hall–Kier alpha value is -3.06. The van der Waals surface area contributed by atoms with Crippen LogP contribution in [0.4, 0.5) is 8.78 Å². The van der Waals surface area contributed by atoms with E-state index in [1.54, 1.807) is 25.3 Å². The molecule has 0 aliphatic carbocycles. The number of carbonyl (C=O) groups excluding carboxylic acids is 1. The number of ketones is 1. The standard InChI is InChI=1S/C20H17F2N3O2/c1-12(26)15-10-24-20(25-11-15)19(27)8-16-4-2-14(9-23-16)6-13-3-5-17(21)18(22)7-13/h2-5,7,9-12,26H,6,8H2,1H3. The highest BCUT2D eigenvalue weighted by Gasteiger charge is 2.12. The number of Topliss-reactive ketones (excluding diaryl/α,β-unsaturated/α-hetero) is 1. The molecule has 0 saturated carbocycles. The lowest BCUT2D eigenvalue weighted by atomic mass is 10.1. The van der Waals surface area contributed by atoms with Crippen LogP contribution in [0.25, 0.3) is 0 Å². The van der Waals surface area contributed by atoms with Gasteiger partial charge in [-0.05, 0) is 42.7 Å². The van der Waals surface area contributed by atoms with E-state index in [1.807, 2.05) is 0 Å². The lowest BCUT2D eigenvalue weighted by Gasteiger charge is -2.05. The molecule has 0 aliphatic heterocycles. The summed E-state index contributed by atoms with van der Waals surface area (Å²) in [6.07, 6.45) is 4.19. The molecule has 0 saturated heterocycles. The van der Waals surface area contributed by atoms with Crippen LogP contribution in [0, 0.1) is 11.6 Å². The van der Waals surface area contributed by atoms with Gasteiger partial charge < -0.3 is 5.11 Å². The molecule has 2 heterocycles. The average molecular weight is 369 g/mol. The summed E-state index contributed by atoms with van der Waals surface area (Å²) in [6, 6.07) is 7.25. The molecule has 0 spiro atoms. The maximum absolute atomic E-state index is 13.3. The third kappa shape index (κ3) is 4.77. The molecule has 0 aliphatic rings. The van der Waals surface area contributed by atoms with E-state index in [1.165, 1.54) is 18.5 Å². The van der Waals surface area contributed by atoms with E-state index in [-0.39, 0.29) is 18.0 Å². The molecule has 7 heteroatoms. The molecule has 27 heavy (non-hydrogen) atoms. The second kappa shape index (κ2) is 8.09. The number of rotatable bonds is 6. The maximum Gasteiger partial charge on any atom is 0.205 e. The molecule has 5 nitrogen and oxygen atoms in total. The van der Waals surface area contributed by atoms with Crippen LogP contribution >= 0.6 is 0 Å². The quantitative estimate of drug-likeness (QED) is 0.675. The first-order valence-electron chi connectivity index (χ1n) is 8.33. The van der Waals surface area contributed by atoms with Crippen molar-refractivity contribution >= 4 is 5.78 Å². The molecular weight excluding hydrogens is 352 g/mol. The third-order valence-electron chi connectivity index (χ3n) is 4.02. The molecule has 138 valence electrons. The number of hydrogen-bond acceptors (Lipinski definition) is 5. The minimum atomic E-state index is -0.885. The Labute approximate surface area is 154 Å². The van der Waals surface area contributed by atoms with Crippen molar-refractivity contribution in [2.45, 2.75) is 25.9 Å². The highest BCUT2D eigenvalue weighted by atomic mass is 19.2. The van der Waals surface area contributed by atoms with E-state index >= 15 is 0 Å². The Kier molecular flexibility index (Phi) is 5.61. The lowest BCUT2D eigenvalue weighted by Crippen LogP contribution is -2.10. The van der Waals surface area contributed by atoms with E-state index in [4.69, 9.17) is 0 Å². The number of halogens is 2. The van der Waals surface area contributed by atoms with Crippen molar-refractivity contribution in [2.75, 3.05) is 0 Å². The van der Waals surface area contributed by atoms with Gasteiger partial charge in [0.15, 0.2) is 17.5 Å². The number of pyridine rings is 1. The molecule has 1 aromatic carbocycles. The Morgan fingerprint density at radius 2 is 1.70 bits per heavy atom. The van der Waals surface area contributed by atoms with Crippen molar-refractivity contribution in [3.63, 3.8) is 0 Å². The van der Waals surface area contributed by atoms with E-state index in [0.717, 1.165) is 17.7 Å². The van der Waals surface area contributed by atoms with Gasteiger partial charge in [0.1, 0.15) is 0 Å². The number of nitrogens with zero attached hydrogens (tertiary/aromatic N) is 3. The predicted molar refractivity (Wildman–Crippen MR) is 94.1 cm³/mol. The second-order valence-electron chi connectivity index (χ2n) is 6.20. The topological polar surface area (TPSA) is 76.0 Å². The van der Waals surface area contributed by atoms with E-state index < -0.39 is 17.7 Å². The Morgan fingerprint density at radius 1 is 1.00 bits per heavy atom. The zero-order chi connectivity index (χ0) is 19.4. The molecule has 1 N–H and O–H groups in total. The molecule has 1 atom stereocenters. The average Bonchev–Trinajstić information content (AvgIpc) is 2.66. The van der Waals surface area contributed by atoms with Gasteiger partial charge in [-0.2, -0.15) is 0 Å². The summed E-state index contributed by atoms with van der Waals surface area (Å²) in [7, 11) is 0. The molecule has 2 aromatic heterocycles. The van der Waals surface area contributed by atoms with Crippen LogP contribution in [0.5, 0.6) is 0 Å². The van der Waals surface area contributed by atoms with Gasteiger partial charge in [-0.15, -0.1) is 0 Å². The van der Waals surface area contributed by atoms with Gasteiger partial charge in [0, 0.05) is 29.8 Å². The first kappa shape index (κ1) is 18.7. The zero-order valence-corrected chi connectivity index (χ0v) is 14.6. The van der Waals surface area contributed by atoms with Gasteiger partial charge in [0.05, 0.1) is 12.5 Å². The van der Waals surface area contributed by atoms with E-state index in [2.05, 4.69) is 15.0 Å². The van der Waals surface area contributed by atoms with Crippen LogP contribution in [-0.2, 0) is 12.8 Å². The van der Waals surface area contributed by atoms with Crippen LogP contribution in [0.2, 0.25) is 0 Å². The number of benzene rings is 1. The number of carbonyl (C=O) groups is 1. The van der Waals surface area contributed by atoms with Crippen molar-refractivity contribution in [1.29, 1.82) is 0 Å². The van der Waals surface area contributed by atoms with Crippen LogP contribution in [-0.4, -0.2) is 25.8 Å². The fourth-order valence-electron chi connectivity index (χ4n) is 2.49. The van der Waals surface area contributed by atoms with Crippen molar-refractivity contribution in [3.8, 4) is 0 Å². The molecule has 1 unspecified atom stereocenters. The number of aromatic nitrogens is 3. The summed E-state index contributed by atoms with van der Waals surface area (Å²) in [6.45, 7) is 1.59. The summed E-state index contributed by atoms with van der Waals surface area (Å²) in [5.74, 6) is -1.99. The van der Waals surface area contributed by atoms with Crippen molar-refractivity contribution in [2.24, 2.45) is 0 Å². The number of aliphatic hydroxyl groups is 1. The molecule has 0 radical (unpaired) electrons. The Balaban J connectivity index is 1.64. The fourth-order valence-corrected chi connectivity index (χ4v) is 2.49. The molecule has 0 amide bonds. The second-order valence-corrected chi connectivity index (χ2v) is 6.20. The van der Waals surface area contributed by atoms with Crippen molar-refractivity contribution in [1.82, 2.24) is 15.0 Å². The third-order valence-corrected chi connectivity index (χ3v) is 4.02. The monoisotopic (exact) mass is 369 g/mol. The van der Waals surface area contributed by atoms with Crippen LogP contribution < -0.4 is 0 Å². The molecular formula is C20H17F2N3O2. The zero-order valence-electron chi connectivity index (χ0n) is 14.6. The van der Waals surface area contributed by atoms with Gasteiger partial charge in [-0.3, -0.25) is 9.78 Å². The van der Waals surface area contributed by atoms with E-state index in [9.17, 15) is 18.7 Å². The predicted octanol–water partition coefficient (Wildman–Crippen LogP) is 3.22. The summed E-state index contributed by atoms with van der Waals surface area (Å²) in [4.78, 5) is 24.4. The fraction of sp³-hybridized carbons (Fsp3) is 0.200. The molecule has 0 fully saturated rings. The first-order chi connectivity index (χ1) is 12.9.